The molecule has 0 fully saturated rings. The number of nitrogens with zero attached hydrogens (tertiary/aromatic N) is 2. The third-order valence-corrected chi connectivity index (χ3v) is 7.45. The van der Waals surface area contributed by atoms with Gasteiger partial charge in [0.2, 0.25) is 0 Å². The van der Waals surface area contributed by atoms with Crippen LogP contribution in [0.15, 0.2) is 97.1 Å². The Morgan fingerprint density at radius 2 is 0.694 bits per heavy atom. The molecular formula is C34H36N2. The van der Waals surface area contributed by atoms with Gasteiger partial charge < -0.3 is 9.80 Å². The molecule has 0 amide bonds. The van der Waals surface area contributed by atoms with E-state index in [2.05, 4.69) is 135 Å². The van der Waals surface area contributed by atoms with E-state index in [9.17, 15) is 0 Å². The summed E-state index contributed by atoms with van der Waals surface area (Å²) >= 11 is 0. The third kappa shape index (κ3) is 4.68. The summed E-state index contributed by atoms with van der Waals surface area (Å²) in [5.74, 6) is 0. The lowest BCUT2D eigenvalue weighted by Crippen LogP contribution is -2.21. The van der Waals surface area contributed by atoms with Crippen LogP contribution in [0.5, 0.6) is 0 Å². The highest BCUT2D eigenvalue weighted by atomic mass is 15.1. The molecule has 0 unspecified atom stereocenters. The molecule has 0 aliphatic carbocycles. The molecule has 5 rings (SSSR count). The van der Waals surface area contributed by atoms with Crippen LogP contribution in [-0.4, -0.2) is 26.2 Å². The molecule has 5 aromatic rings. The van der Waals surface area contributed by atoms with E-state index in [1.165, 1.54) is 55.2 Å². The first-order valence-corrected chi connectivity index (χ1v) is 13.3. The molecule has 0 saturated heterocycles. The van der Waals surface area contributed by atoms with Crippen molar-refractivity contribution in [3.8, 4) is 22.3 Å². The Morgan fingerprint density at radius 3 is 1.03 bits per heavy atom. The molecule has 0 heterocycles. The minimum Gasteiger partial charge on any atom is -0.372 e. The minimum absolute atomic E-state index is 1.03. The van der Waals surface area contributed by atoms with Crippen molar-refractivity contribution in [2.45, 2.75) is 27.7 Å². The lowest BCUT2D eigenvalue weighted by Gasteiger charge is -2.21. The number of hydrogen-bond donors (Lipinski definition) is 0. The molecular weight excluding hydrogens is 436 g/mol. The van der Waals surface area contributed by atoms with Gasteiger partial charge in [-0.15, -0.1) is 0 Å². The molecule has 0 N–H and O–H groups in total. The fourth-order valence-electron chi connectivity index (χ4n) is 5.26. The number of anilines is 2. The van der Waals surface area contributed by atoms with Crippen LogP contribution in [0, 0.1) is 0 Å². The summed E-state index contributed by atoms with van der Waals surface area (Å²) in [6.45, 7) is 12.9. The molecule has 0 aromatic heterocycles. The van der Waals surface area contributed by atoms with Gasteiger partial charge >= 0.3 is 0 Å². The van der Waals surface area contributed by atoms with Crippen LogP contribution in [0.3, 0.4) is 0 Å². The van der Waals surface area contributed by atoms with Gasteiger partial charge in [0.1, 0.15) is 0 Å². The van der Waals surface area contributed by atoms with Crippen molar-refractivity contribution in [3.05, 3.63) is 97.1 Å². The fraction of sp³-hybridized carbons (Fsp3) is 0.235. The lowest BCUT2D eigenvalue weighted by molar-refractivity contribution is 0.866. The maximum Gasteiger partial charge on any atom is 0.0366 e. The van der Waals surface area contributed by atoms with E-state index >= 15 is 0 Å². The Kier molecular flexibility index (Phi) is 6.95. The van der Waals surface area contributed by atoms with Crippen LogP contribution in [0.2, 0.25) is 0 Å². The van der Waals surface area contributed by atoms with Crippen LogP contribution in [0.4, 0.5) is 11.4 Å². The molecule has 0 atom stereocenters. The van der Waals surface area contributed by atoms with Gasteiger partial charge in [0.25, 0.3) is 0 Å². The Bertz CT molecular complexity index is 1340. The highest BCUT2D eigenvalue weighted by molar-refractivity contribution is 6.01. The van der Waals surface area contributed by atoms with E-state index in [1.54, 1.807) is 0 Å². The van der Waals surface area contributed by atoms with Gasteiger partial charge in [0.05, 0.1) is 0 Å². The molecule has 182 valence electrons. The van der Waals surface area contributed by atoms with Gasteiger partial charge in [0.15, 0.2) is 0 Å². The predicted molar refractivity (Wildman–Crippen MR) is 159 cm³/mol. The van der Waals surface area contributed by atoms with Crippen molar-refractivity contribution in [2.24, 2.45) is 0 Å². The molecule has 0 bridgehead atoms. The first kappa shape index (κ1) is 23.9. The third-order valence-electron chi connectivity index (χ3n) is 7.45. The smallest absolute Gasteiger partial charge is 0.0366 e. The highest BCUT2D eigenvalue weighted by Crippen LogP contribution is 2.32. The number of rotatable bonds is 8. The monoisotopic (exact) mass is 472 g/mol. The van der Waals surface area contributed by atoms with Crippen LogP contribution >= 0.6 is 0 Å². The van der Waals surface area contributed by atoms with Gasteiger partial charge in [-0.1, -0.05) is 48.5 Å². The van der Waals surface area contributed by atoms with Crippen molar-refractivity contribution in [1.29, 1.82) is 0 Å². The maximum atomic E-state index is 2.38. The van der Waals surface area contributed by atoms with E-state index < -0.39 is 0 Å². The summed E-state index contributed by atoms with van der Waals surface area (Å²) < 4.78 is 0. The Hall–Kier alpha value is -3.78. The normalized spacial score (nSPS) is 11.2. The summed E-state index contributed by atoms with van der Waals surface area (Å²) in [4.78, 5) is 4.76. The van der Waals surface area contributed by atoms with Crippen LogP contribution < -0.4 is 9.80 Å². The van der Waals surface area contributed by atoms with Crippen molar-refractivity contribution >= 4 is 32.9 Å². The molecule has 2 nitrogen and oxygen atoms in total. The van der Waals surface area contributed by atoms with E-state index in [4.69, 9.17) is 0 Å². The second-order valence-corrected chi connectivity index (χ2v) is 9.41. The van der Waals surface area contributed by atoms with Crippen molar-refractivity contribution in [3.63, 3.8) is 0 Å². The van der Waals surface area contributed by atoms with Gasteiger partial charge in [-0.3, -0.25) is 0 Å². The predicted octanol–water partition coefficient (Wildman–Crippen LogP) is 9.02. The second-order valence-electron chi connectivity index (χ2n) is 9.41. The molecule has 5 aromatic carbocycles. The van der Waals surface area contributed by atoms with Crippen LogP contribution in [0.1, 0.15) is 27.7 Å². The largest absolute Gasteiger partial charge is 0.372 e. The van der Waals surface area contributed by atoms with Crippen molar-refractivity contribution in [1.82, 2.24) is 0 Å². The summed E-state index contributed by atoms with van der Waals surface area (Å²) in [7, 11) is 0. The van der Waals surface area contributed by atoms with Crippen molar-refractivity contribution < 1.29 is 0 Å². The quantitative estimate of drug-likeness (QED) is 0.208. The Labute approximate surface area is 215 Å². The zero-order valence-electron chi connectivity index (χ0n) is 22.0. The lowest BCUT2D eigenvalue weighted by atomic mass is 9.96. The average Bonchev–Trinajstić information content (AvgIpc) is 2.93. The topological polar surface area (TPSA) is 6.48 Å². The van der Waals surface area contributed by atoms with Crippen molar-refractivity contribution in [2.75, 3.05) is 36.0 Å². The second kappa shape index (κ2) is 10.5. The Balaban J connectivity index is 1.45. The summed E-state index contributed by atoms with van der Waals surface area (Å²) in [5.41, 5.74) is 7.62. The number of fused-ring (bicyclic) bond motifs is 2. The molecule has 0 aliphatic rings. The SMILES string of the molecule is CCN(CC)c1ccc(-c2ccc3cc4cc(-c5ccc(N(CC)CC)cc5)ccc4cc3c2)cc1. The van der Waals surface area contributed by atoms with E-state index in [0.29, 0.717) is 0 Å². The zero-order valence-corrected chi connectivity index (χ0v) is 22.0. The molecule has 0 saturated carbocycles. The fourth-order valence-corrected chi connectivity index (χ4v) is 5.26. The molecule has 36 heavy (non-hydrogen) atoms. The first-order chi connectivity index (χ1) is 17.6. The summed E-state index contributed by atoms with van der Waals surface area (Å²) in [6.07, 6.45) is 0. The van der Waals surface area contributed by atoms with Gasteiger partial charge in [-0.05, 0) is 120 Å². The van der Waals surface area contributed by atoms with E-state index in [0.717, 1.165) is 26.2 Å². The molecule has 2 heteroatoms. The number of benzene rings is 5. The molecule has 0 spiro atoms. The van der Waals surface area contributed by atoms with Crippen LogP contribution in [0.25, 0.3) is 43.8 Å². The zero-order chi connectivity index (χ0) is 25.1. The van der Waals surface area contributed by atoms with Crippen LogP contribution in [-0.2, 0) is 0 Å². The molecule has 0 aliphatic heterocycles. The highest BCUT2D eigenvalue weighted by Gasteiger charge is 2.07. The van der Waals surface area contributed by atoms with E-state index in [-0.39, 0.29) is 0 Å². The van der Waals surface area contributed by atoms with Gasteiger partial charge in [-0.2, -0.15) is 0 Å². The maximum absolute atomic E-state index is 2.38. The van der Waals surface area contributed by atoms with Gasteiger partial charge in [0, 0.05) is 37.6 Å². The number of hydrogen-bond acceptors (Lipinski definition) is 2. The first-order valence-electron chi connectivity index (χ1n) is 13.3. The summed E-state index contributed by atoms with van der Waals surface area (Å²) in [5, 5.41) is 5.12. The standard InChI is InChI=1S/C34H36N2/c1-5-35(6-2)33-17-13-25(14-18-33)27-9-11-29-24-32-22-28(10-12-30(32)23-31(29)21-27)26-15-19-34(20-16-26)36(7-3)8-4/h9-24H,5-8H2,1-4H3. The summed E-state index contributed by atoms with van der Waals surface area (Å²) in [6, 6.07) is 36.2. The Morgan fingerprint density at radius 1 is 0.361 bits per heavy atom. The minimum atomic E-state index is 1.03. The van der Waals surface area contributed by atoms with Gasteiger partial charge in [-0.25, -0.2) is 0 Å². The molecule has 0 radical (unpaired) electrons. The van der Waals surface area contributed by atoms with E-state index in [1.807, 2.05) is 0 Å². The average molecular weight is 473 g/mol.